The molecule has 1 aliphatic carbocycles. The monoisotopic (exact) mass is 363 g/mol. The van der Waals surface area contributed by atoms with Crippen LogP contribution in [0.2, 0.25) is 0 Å². The van der Waals surface area contributed by atoms with E-state index < -0.39 is 0 Å². The second-order valence-electron chi connectivity index (χ2n) is 7.88. The van der Waals surface area contributed by atoms with Crippen LogP contribution in [0, 0.1) is 0 Å². The minimum absolute atomic E-state index is 0.133. The minimum Gasteiger partial charge on any atom is -0.537 e. The highest BCUT2D eigenvalue weighted by molar-refractivity contribution is 6.17. The predicted octanol–water partition coefficient (Wildman–Crippen LogP) is 5.72. The Bertz CT molecular complexity index is 1210. The van der Waals surface area contributed by atoms with Gasteiger partial charge in [0.1, 0.15) is 5.75 Å². The van der Waals surface area contributed by atoms with Gasteiger partial charge in [-0.25, -0.2) is 0 Å². The largest absolute Gasteiger partial charge is 0.569 e. The van der Waals surface area contributed by atoms with Crippen LogP contribution in [0.15, 0.2) is 78.9 Å². The summed E-state index contributed by atoms with van der Waals surface area (Å²) in [6.45, 7) is 4.49. The summed E-state index contributed by atoms with van der Waals surface area (Å²) < 4.78 is 5.19. The number of benzene rings is 4. The molecule has 0 unspecified atom stereocenters. The van der Waals surface area contributed by atoms with Crippen LogP contribution < -0.4 is 4.65 Å². The first-order valence-corrected chi connectivity index (χ1v) is 9.49. The van der Waals surface area contributed by atoms with Gasteiger partial charge in [0.15, 0.2) is 0 Å². The first-order chi connectivity index (χ1) is 13.6. The fourth-order valence-electron chi connectivity index (χ4n) is 4.40. The lowest BCUT2D eigenvalue weighted by Crippen LogP contribution is -2.15. The Labute approximate surface area is 165 Å². The van der Waals surface area contributed by atoms with Gasteiger partial charge in [-0.15, -0.1) is 0 Å². The molecule has 0 amide bonds. The van der Waals surface area contributed by atoms with Crippen LogP contribution >= 0.6 is 0 Å². The SMILES string of the molecule is CC1(C)c2cc(O[B]O)ccc2-c2ccc(-c3ccc4ccccc4c3)cc21. The van der Waals surface area contributed by atoms with Crippen molar-refractivity contribution < 1.29 is 9.68 Å². The van der Waals surface area contributed by atoms with Crippen molar-refractivity contribution in [2.75, 3.05) is 0 Å². The summed E-state index contributed by atoms with van der Waals surface area (Å²) in [5, 5.41) is 11.5. The van der Waals surface area contributed by atoms with E-state index in [4.69, 9.17) is 9.68 Å². The Morgan fingerprint density at radius 3 is 2.14 bits per heavy atom. The molecule has 4 aromatic rings. The van der Waals surface area contributed by atoms with Crippen molar-refractivity contribution in [1.29, 1.82) is 0 Å². The first kappa shape index (κ1) is 17.1. The van der Waals surface area contributed by atoms with Crippen molar-refractivity contribution in [3.05, 3.63) is 90.0 Å². The Balaban J connectivity index is 1.63. The summed E-state index contributed by atoms with van der Waals surface area (Å²) in [7, 11) is 0.731. The molecule has 1 aliphatic rings. The molecule has 0 atom stereocenters. The van der Waals surface area contributed by atoms with Gasteiger partial charge in [0.25, 0.3) is 0 Å². The Hall–Kier alpha value is -3.04. The van der Waals surface area contributed by atoms with Gasteiger partial charge in [0.05, 0.1) is 0 Å². The zero-order chi connectivity index (χ0) is 19.3. The Morgan fingerprint density at radius 1 is 0.714 bits per heavy atom. The lowest BCUT2D eigenvalue weighted by atomic mass is 9.81. The zero-order valence-electron chi connectivity index (χ0n) is 15.9. The number of fused-ring (bicyclic) bond motifs is 4. The van der Waals surface area contributed by atoms with Gasteiger partial charge in [-0.3, -0.25) is 0 Å². The van der Waals surface area contributed by atoms with Crippen molar-refractivity contribution in [1.82, 2.24) is 0 Å². The molecular weight excluding hydrogens is 343 g/mol. The van der Waals surface area contributed by atoms with Crippen LogP contribution in [-0.2, 0) is 5.41 Å². The van der Waals surface area contributed by atoms with E-state index in [2.05, 4.69) is 80.6 Å². The first-order valence-electron chi connectivity index (χ1n) is 9.49. The van der Waals surface area contributed by atoms with Gasteiger partial charge < -0.3 is 9.68 Å². The molecule has 4 aromatic carbocycles. The molecule has 0 saturated carbocycles. The topological polar surface area (TPSA) is 29.5 Å². The van der Waals surface area contributed by atoms with Crippen molar-refractivity contribution in [3.8, 4) is 28.0 Å². The quantitative estimate of drug-likeness (QED) is 0.472. The zero-order valence-corrected chi connectivity index (χ0v) is 15.9. The molecule has 28 heavy (non-hydrogen) atoms. The minimum atomic E-state index is -0.133. The van der Waals surface area contributed by atoms with Gasteiger partial charge in [0.2, 0.25) is 0 Å². The van der Waals surface area contributed by atoms with Crippen molar-refractivity contribution in [2.45, 2.75) is 19.3 Å². The summed E-state index contributed by atoms with van der Waals surface area (Å²) in [4.78, 5) is 0. The summed E-state index contributed by atoms with van der Waals surface area (Å²) in [5.74, 6) is 0.650. The third-order valence-electron chi connectivity index (χ3n) is 5.92. The van der Waals surface area contributed by atoms with E-state index >= 15 is 0 Å². The molecule has 1 radical (unpaired) electrons. The van der Waals surface area contributed by atoms with Gasteiger partial charge in [0, 0.05) is 5.41 Å². The molecule has 0 fully saturated rings. The average molecular weight is 363 g/mol. The molecule has 135 valence electrons. The standard InChI is InChI=1S/C25H20BO2/c1-25(2)23-14-19(18-8-7-16-5-3-4-6-17(16)13-18)9-11-21(23)22-12-10-20(28-26-27)15-24(22)25/h3-15,27H,1-2H3. The highest BCUT2D eigenvalue weighted by atomic mass is 16.5. The van der Waals surface area contributed by atoms with Crippen LogP contribution in [-0.4, -0.2) is 12.7 Å². The fraction of sp³-hybridized carbons (Fsp3) is 0.120. The maximum absolute atomic E-state index is 8.96. The van der Waals surface area contributed by atoms with E-state index in [0.717, 1.165) is 7.69 Å². The Morgan fingerprint density at radius 2 is 1.36 bits per heavy atom. The molecule has 1 N–H and O–H groups in total. The molecule has 2 nitrogen and oxygen atoms in total. The van der Waals surface area contributed by atoms with Gasteiger partial charge in [-0.05, 0) is 68.4 Å². The van der Waals surface area contributed by atoms with E-state index in [1.165, 1.54) is 44.2 Å². The smallest absolute Gasteiger partial charge is 0.537 e. The molecule has 5 rings (SSSR count). The molecule has 3 heteroatoms. The van der Waals surface area contributed by atoms with Gasteiger partial charge >= 0.3 is 7.69 Å². The van der Waals surface area contributed by atoms with E-state index in [1.54, 1.807) is 0 Å². The molecule has 0 aliphatic heterocycles. The summed E-state index contributed by atoms with van der Waals surface area (Å²) in [5.41, 5.74) is 7.36. The molecule has 0 bridgehead atoms. The van der Waals surface area contributed by atoms with Crippen molar-refractivity contribution in [3.63, 3.8) is 0 Å². The van der Waals surface area contributed by atoms with Crippen molar-refractivity contribution >= 4 is 18.5 Å². The van der Waals surface area contributed by atoms with E-state index in [-0.39, 0.29) is 5.41 Å². The summed E-state index contributed by atoms with van der Waals surface area (Å²) in [6, 6.07) is 27.9. The van der Waals surface area contributed by atoms with Gasteiger partial charge in [-0.2, -0.15) is 0 Å². The molecule has 0 aromatic heterocycles. The van der Waals surface area contributed by atoms with Crippen LogP contribution in [0.25, 0.3) is 33.0 Å². The second-order valence-corrected chi connectivity index (χ2v) is 7.88. The second kappa shape index (κ2) is 6.25. The van der Waals surface area contributed by atoms with Crippen molar-refractivity contribution in [2.24, 2.45) is 0 Å². The van der Waals surface area contributed by atoms with E-state index in [0.29, 0.717) is 5.75 Å². The highest BCUT2D eigenvalue weighted by Gasteiger charge is 2.35. The lowest BCUT2D eigenvalue weighted by Gasteiger charge is -2.22. The predicted molar refractivity (Wildman–Crippen MR) is 116 cm³/mol. The van der Waals surface area contributed by atoms with E-state index in [1.807, 2.05) is 12.1 Å². The highest BCUT2D eigenvalue weighted by Crippen LogP contribution is 2.50. The summed E-state index contributed by atoms with van der Waals surface area (Å²) in [6.07, 6.45) is 0. The lowest BCUT2D eigenvalue weighted by molar-refractivity contribution is 0.453. The van der Waals surface area contributed by atoms with Crippen LogP contribution in [0.4, 0.5) is 0 Å². The average Bonchev–Trinajstić information content (AvgIpc) is 2.94. The van der Waals surface area contributed by atoms with Crippen LogP contribution in [0.5, 0.6) is 5.75 Å². The Kier molecular flexibility index (Phi) is 3.82. The van der Waals surface area contributed by atoms with Crippen LogP contribution in [0.1, 0.15) is 25.0 Å². The van der Waals surface area contributed by atoms with E-state index in [9.17, 15) is 0 Å². The summed E-state index contributed by atoms with van der Waals surface area (Å²) >= 11 is 0. The molecule has 0 heterocycles. The third-order valence-corrected chi connectivity index (χ3v) is 5.92. The molecular formula is C25H20BO2. The number of hydrogen-bond acceptors (Lipinski definition) is 2. The number of rotatable bonds is 3. The maximum atomic E-state index is 8.96. The molecule has 0 saturated heterocycles. The van der Waals surface area contributed by atoms with Gasteiger partial charge in [-0.1, -0.05) is 68.4 Å². The fourth-order valence-corrected chi connectivity index (χ4v) is 4.40. The van der Waals surface area contributed by atoms with Crippen LogP contribution in [0.3, 0.4) is 0 Å². The molecule has 0 spiro atoms. The maximum Gasteiger partial charge on any atom is 0.569 e. The normalized spacial score (nSPS) is 13.8. The third kappa shape index (κ3) is 2.55. The number of hydrogen-bond donors (Lipinski definition) is 1.